The van der Waals surface area contributed by atoms with E-state index in [9.17, 15) is 0 Å². The number of aryl methyl sites for hydroxylation is 1. The van der Waals surface area contributed by atoms with Crippen LogP contribution in [0.5, 0.6) is 0 Å². The quantitative estimate of drug-likeness (QED) is 0.479. The third-order valence-electron chi connectivity index (χ3n) is 2.12. The molecule has 0 unspecified atom stereocenters. The lowest BCUT2D eigenvalue weighted by atomic mass is 10.3. The Hall–Kier alpha value is -0.410. The fourth-order valence-electron chi connectivity index (χ4n) is 1.24. The molecular weight excluding hydrogens is 194 g/mol. The second-order valence-corrected chi connectivity index (χ2v) is 4.19. The first-order chi connectivity index (χ1) is 6.93. The summed E-state index contributed by atoms with van der Waals surface area (Å²) in [5.74, 6) is 0. The molecule has 1 aromatic rings. The van der Waals surface area contributed by atoms with Crippen molar-refractivity contribution >= 4 is 11.3 Å². The Morgan fingerprint density at radius 3 is 2.79 bits per heavy atom. The van der Waals surface area contributed by atoms with Crippen molar-refractivity contribution in [1.82, 2.24) is 0 Å². The maximum absolute atomic E-state index is 5.49. The second kappa shape index (κ2) is 7.94. The van der Waals surface area contributed by atoms with Gasteiger partial charge in [-0.25, -0.2) is 0 Å². The van der Waals surface area contributed by atoms with Gasteiger partial charge in [-0.3, -0.25) is 0 Å². The number of rotatable bonds is 8. The number of unbranched alkanes of at least 4 members (excludes halogenated alkanes) is 2. The highest BCUT2D eigenvalue weighted by atomic mass is 32.1. The van der Waals surface area contributed by atoms with Crippen LogP contribution in [0.4, 0.5) is 0 Å². The van der Waals surface area contributed by atoms with E-state index in [4.69, 9.17) is 4.74 Å². The topological polar surface area (TPSA) is 13.1 Å². The molecule has 0 N–H and O–H groups in total. The first-order valence-corrected chi connectivity index (χ1v) is 6.36. The molecule has 0 spiro atoms. The highest BCUT2D eigenvalue weighted by molar-refractivity contribution is 7.07. The zero-order valence-electron chi connectivity index (χ0n) is 8.95. The molecule has 0 radical (unpaired) electrons. The highest BCUT2D eigenvalue weighted by Gasteiger charge is 1.98. The third kappa shape index (κ3) is 5.35. The monoisotopic (exact) mass is 214 g/mol. The van der Waals surface area contributed by atoms with Crippen molar-refractivity contribution in [2.45, 2.75) is 39.2 Å². The molecule has 1 aromatic heterocycles. The van der Waals surface area contributed by atoms with Gasteiger partial charge in [-0.05, 0) is 12.8 Å². The fourth-order valence-corrected chi connectivity index (χ4v) is 1.86. The molecule has 0 aliphatic rings. The van der Waals surface area contributed by atoms with Crippen LogP contribution in [0.2, 0.25) is 0 Å². The van der Waals surface area contributed by atoms with Crippen LogP contribution < -0.4 is 4.57 Å². The van der Waals surface area contributed by atoms with Gasteiger partial charge in [0, 0.05) is 19.6 Å². The van der Waals surface area contributed by atoms with Crippen LogP contribution in [0.25, 0.3) is 0 Å². The van der Waals surface area contributed by atoms with Gasteiger partial charge in [-0.2, -0.15) is 4.57 Å². The molecule has 1 rings (SSSR count). The van der Waals surface area contributed by atoms with Crippen molar-refractivity contribution in [2.75, 3.05) is 13.2 Å². The number of thiazole rings is 1. The number of aromatic nitrogens is 1. The minimum atomic E-state index is 0.921. The Bertz CT molecular complexity index is 211. The lowest BCUT2D eigenvalue weighted by Gasteiger charge is -2.00. The molecule has 1 heterocycles. The first kappa shape index (κ1) is 11.7. The molecule has 0 aromatic carbocycles. The minimum Gasteiger partial charge on any atom is -0.381 e. The summed E-state index contributed by atoms with van der Waals surface area (Å²) in [4.78, 5) is 0. The number of nitrogens with zero attached hydrogens (tertiary/aromatic N) is 1. The van der Waals surface area contributed by atoms with E-state index in [1.54, 1.807) is 11.3 Å². The average molecular weight is 214 g/mol. The van der Waals surface area contributed by atoms with Crippen LogP contribution >= 0.6 is 11.3 Å². The summed E-state index contributed by atoms with van der Waals surface area (Å²) in [6, 6.07) is 0. The van der Waals surface area contributed by atoms with Gasteiger partial charge in [-0.15, -0.1) is 0 Å². The molecule has 14 heavy (non-hydrogen) atoms. The van der Waals surface area contributed by atoms with Crippen molar-refractivity contribution in [3.8, 4) is 0 Å². The van der Waals surface area contributed by atoms with Crippen molar-refractivity contribution < 1.29 is 9.30 Å². The number of hydrogen-bond acceptors (Lipinski definition) is 2. The van der Waals surface area contributed by atoms with Crippen LogP contribution in [0.1, 0.15) is 32.6 Å². The van der Waals surface area contributed by atoms with E-state index in [0.717, 1.165) is 19.8 Å². The van der Waals surface area contributed by atoms with Crippen LogP contribution in [-0.2, 0) is 11.3 Å². The smallest absolute Gasteiger partial charge is 0.224 e. The molecule has 0 saturated carbocycles. The summed E-state index contributed by atoms with van der Waals surface area (Å²) in [5, 5.41) is 2.11. The number of hydrogen-bond donors (Lipinski definition) is 0. The van der Waals surface area contributed by atoms with E-state index in [2.05, 4.69) is 28.6 Å². The Labute approximate surface area is 90.5 Å². The molecule has 80 valence electrons. The van der Waals surface area contributed by atoms with Crippen molar-refractivity contribution in [3.05, 3.63) is 17.1 Å². The van der Waals surface area contributed by atoms with Crippen molar-refractivity contribution in [3.63, 3.8) is 0 Å². The molecule has 0 atom stereocenters. The maximum Gasteiger partial charge on any atom is 0.224 e. The van der Waals surface area contributed by atoms with E-state index in [1.165, 1.54) is 25.7 Å². The van der Waals surface area contributed by atoms with Crippen LogP contribution in [0, 0.1) is 0 Å². The van der Waals surface area contributed by atoms with Crippen molar-refractivity contribution in [1.29, 1.82) is 0 Å². The fraction of sp³-hybridized carbons (Fsp3) is 0.727. The summed E-state index contributed by atoms with van der Waals surface area (Å²) < 4.78 is 7.72. The molecule has 2 nitrogen and oxygen atoms in total. The Morgan fingerprint density at radius 2 is 2.07 bits per heavy atom. The summed E-state index contributed by atoms with van der Waals surface area (Å²) in [7, 11) is 0. The lowest BCUT2D eigenvalue weighted by molar-refractivity contribution is -0.692. The molecule has 3 heteroatoms. The Kier molecular flexibility index (Phi) is 6.62. The van der Waals surface area contributed by atoms with Crippen LogP contribution in [-0.4, -0.2) is 13.2 Å². The Morgan fingerprint density at radius 1 is 1.21 bits per heavy atom. The molecule has 0 bridgehead atoms. The van der Waals surface area contributed by atoms with E-state index < -0.39 is 0 Å². The van der Waals surface area contributed by atoms with Gasteiger partial charge in [0.15, 0.2) is 6.20 Å². The second-order valence-electron chi connectivity index (χ2n) is 3.44. The van der Waals surface area contributed by atoms with E-state index in [-0.39, 0.29) is 0 Å². The van der Waals surface area contributed by atoms with Gasteiger partial charge in [0.2, 0.25) is 5.51 Å². The zero-order valence-corrected chi connectivity index (χ0v) is 9.76. The molecule has 0 fully saturated rings. The van der Waals surface area contributed by atoms with E-state index >= 15 is 0 Å². The SMILES string of the molecule is CCCCOCCCC[n+]1ccsc1. The normalized spacial score (nSPS) is 10.6. The summed E-state index contributed by atoms with van der Waals surface area (Å²) >= 11 is 1.75. The summed E-state index contributed by atoms with van der Waals surface area (Å²) in [5.41, 5.74) is 2.15. The average Bonchev–Trinajstić information content (AvgIpc) is 2.69. The van der Waals surface area contributed by atoms with Gasteiger partial charge in [0.05, 0.1) is 5.38 Å². The zero-order chi connectivity index (χ0) is 10.1. The standard InChI is InChI=1S/C11H20NOS/c1-2-3-8-13-9-5-4-6-12-7-10-14-11-12/h7,10-11H,2-6,8-9H2,1H3/q+1. The minimum absolute atomic E-state index is 0.921. The molecule has 0 amide bonds. The van der Waals surface area contributed by atoms with E-state index in [1.807, 2.05) is 0 Å². The first-order valence-electron chi connectivity index (χ1n) is 5.42. The van der Waals surface area contributed by atoms with Crippen LogP contribution in [0.15, 0.2) is 17.1 Å². The van der Waals surface area contributed by atoms with E-state index in [0.29, 0.717) is 0 Å². The molecule has 0 saturated heterocycles. The predicted octanol–water partition coefficient (Wildman–Crippen LogP) is 2.63. The van der Waals surface area contributed by atoms with Gasteiger partial charge < -0.3 is 4.74 Å². The Balaban J connectivity index is 1.85. The lowest BCUT2D eigenvalue weighted by Crippen LogP contribution is -2.29. The highest BCUT2D eigenvalue weighted by Crippen LogP contribution is 1.95. The largest absolute Gasteiger partial charge is 0.381 e. The predicted molar refractivity (Wildman–Crippen MR) is 59.5 cm³/mol. The van der Waals surface area contributed by atoms with Gasteiger partial charge in [0.1, 0.15) is 6.54 Å². The van der Waals surface area contributed by atoms with Gasteiger partial charge in [0.25, 0.3) is 0 Å². The summed E-state index contributed by atoms with van der Waals surface area (Å²) in [6.45, 7) is 5.17. The van der Waals surface area contributed by atoms with Gasteiger partial charge in [-0.1, -0.05) is 24.7 Å². The number of ether oxygens (including phenoxy) is 1. The molecular formula is C11H20NOS+. The third-order valence-corrected chi connectivity index (χ3v) is 2.80. The molecule has 0 aliphatic carbocycles. The van der Waals surface area contributed by atoms with Gasteiger partial charge >= 0.3 is 0 Å². The van der Waals surface area contributed by atoms with Crippen LogP contribution in [0.3, 0.4) is 0 Å². The van der Waals surface area contributed by atoms with Crippen molar-refractivity contribution in [2.24, 2.45) is 0 Å². The molecule has 0 aliphatic heterocycles. The maximum atomic E-state index is 5.49. The summed E-state index contributed by atoms with van der Waals surface area (Å²) in [6.07, 6.45) is 6.94.